The maximum absolute atomic E-state index is 12.3. The number of aryl methyl sites for hydroxylation is 2. The monoisotopic (exact) mass is 387 g/mol. The molecule has 136 valence electrons. The van der Waals surface area contributed by atoms with E-state index in [1.807, 2.05) is 56.3 Å². The third-order valence-electron chi connectivity index (χ3n) is 3.93. The molecular weight excluding hydrogens is 366 g/mol. The highest BCUT2D eigenvalue weighted by Gasteiger charge is 2.13. The molecular formula is C19H21N3O2S2. The molecule has 2 heterocycles. The second-order valence-corrected chi connectivity index (χ2v) is 9.02. The number of rotatable bonds is 7. The highest BCUT2D eigenvalue weighted by atomic mass is 32.2. The van der Waals surface area contributed by atoms with E-state index in [-0.39, 0.29) is 5.75 Å². The van der Waals surface area contributed by atoms with Crippen LogP contribution in [0, 0.1) is 13.8 Å². The molecule has 3 rings (SSSR count). The molecule has 26 heavy (non-hydrogen) atoms. The van der Waals surface area contributed by atoms with Crippen LogP contribution in [0.4, 0.5) is 0 Å². The standard InChI is InChI=1S/C19H21N3O2S2/c1-14-6-8-16(9-7-14)13-26(23,24)21-12-10-18-15(2)22-19(25-18)17-5-3-4-11-20-17/h3-9,11,21H,10,12-13H2,1-2H3. The second-order valence-electron chi connectivity index (χ2n) is 6.13. The van der Waals surface area contributed by atoms with Gasteiger partial charge >= 0.3 is 0 Å². The maximum Gasteiger partial charge on any atom is 0.215 e. The molecule has 1 aromatic carbocycles. The van der Waals surface area contributed by atoms with Gasteiger partial charge in [-0.25, -0.2) is 18.1 Å². The normalized spacial score (nSPS) is 11.6. The molecule has 0 saturated carbocycles. The maximum atomic E-state index is 12.3. The number of hydrogen-bond donors (Lipinski definition) is 1. The third kappa shape index (κ3) is 4.97. The molecule has 0 aliphatic rings. The Balaban J connectivity index is 1.59. The van der Waals surface area contributed by atoms with E-state index in [2.05, 4.69) is 14.7 Å². The van der Waals surface area contributed by atoms with Gasteiger partial charge in [-0.2, -0.15) is 0 Å². The molecule has 1 N–H and O–H groups in total. The Kier molecular flexibility index (Phi) is 5.80. The number of aromatic nitrogens is 2. The summed E-state index contributed by atoms with van der Waals surface area (Å²) < 4.78 is 27.2. The molecule has 5 nitrogen and oxygen atoms in total. The summed E-state index contributed by atoms with van der Waals surface area (Å²) in [4.78, 5) is 9.94. The molecule has 0 bridgehead atoms. The molecule has 3 aromatic rings. The number of hydrogen-bond acceptors (Lipinski definition) is 5. The van der Waals surface area contributed by atoms with Crippen molar-refractivity contribution in [1.82, 2.24) is 14.7 Å². The fraction of sp³-hybridized carbons (Fsp3) is 0.263. The topological polar surface area (TPSA) is 72.0 Å². The van der Waals surface area contributed by atoms with Crippen molar-refractivity contribution in [2.75, 3.05) is 6.54 Å². The van der Waals surface area contributed by atoms with Crippen molar-refractivity contribution < 1.29 is 8.42 Å². The van der Waals surface area contributed by atoms with Crippen molar-refractivity contribution in [3.8, 4) is 10.7 Å². The Hall–Kier alpha value is -2.09. The van der Waals surface area contributed by atoms with Crippen LogP contribution in [-0.4, -0.2) is 24.9 Å². The molecule has 2 aromatic heterocycles. The van der Waals surface area contributed by atoms with Gasteiger partial charge in [0.05, 0.1) is 17.1 Å². The van der Waals surface area contributed by atoms with Gasteiger partial charge < -0.3 is 0 Å². The molecule has 0 saturated heterocycles. The van der Waals surface area contributed by atoms with Crippen LogP contribution in [-0.2, 0) is 22.2 Å². The number of thiazole rings is 1. The average Bonchev–Trinajstić information content (AvgIpc) is 2.98. The molecule has 0 fully saturated rings. The van der Waals surface area contributed by atoms with Gasteiger partial charge in [0.15, 0.2) is 0 Å². The number of nitrogens with one attached hydrogen (secondary N) is 1. The van der Waals surface area contributed by atoms with Crippen molar-refractivity contribution >= 4 is 21.4 Å². The number of benzene rings is 1. The lowest BCUT2D eigenvalue weighted by Gasteiger charge is -2.07. The molecule has 0 atom stereocenters. The van der Waals surface area contributed by atoms with E-state index in [4.69, 9.17) is 0 Å². The highest BCUT2D eigenvalue weighted by molar-refractivity contribution is 7.88. The zero-order valence-corrected chi connectivity index (χ0v) is 16.4. The Labute approximate surface area is 158 Å². The number of sulfonamides is 1. The quantitative estimate of drug-likeness (QED) is 0.674. The minimum atomic E-state index is -3.35. The predicted octanol–water partition coefficient (Wildman–Crippen LogP) is 3.48. The molecule has 0 aliphatic heterocycles. The summed E-state index contributed by atoms with van der Waals surface area (Å²) in [6.45, 7) is 4.28. The van der Waals surface area contributed by atoms with Crippen molar-refractivity contribution in [2.24, 2.45) is 0 Å². The van der Waals surface area contributed by atoms with E-state index < -0.39 is 10.0 Å². The smallest absolute Gasteiger partial charge is 0.215 e. The van der Waals surface area contributed by atoms with Gasteiger partial charge in [0.2, 0.25) is 10.0 Å². The van der Waals surface area contributed by atoms with E-state index in [9.17, 15) is 8.42 Å². The lowest BCUT2D eigenvalue weighted by molar-refractivity contribution is 0.581. The van der Waals surface area contributed by atoms with Crippen LogP contribution in [0.5, 0.6) is 0 Å². The lowest BCUT2D eigenvalue weighted by Crippen LogP contribution is -2.27. The van der Waals surface area contributed by atoms with Gasteiger partial charge in [-0.1, -0.05) is 35.9 Å². The largest absolute Gasteiger partial charge is 0.254 e. The first-order valence-electron chi connectivity index (χ1n) is 8.33. The van der Waals surface area contributed by atoms with Gasteiger partial charge in [-0.15, -0.1) is 11.3 Å². The van der Waals surface area contributed by atoms with Gasteiger partial charge in [0, 0.05) is 17.6 Å². The van der Waals surface area contributed by atoms with Crippen LogP contribution < -0.4 is 4.72 Å². The van der Waals surface area contributed by atoms with Crippen molar-refractivity contribution in [3.63, 3.8) is 0 Å². The molecule has 0 aliphatic carbocycles. The summed E-state index contributed by atoms with van der Waals surface area (Å²) in [6, 6.07) is 13.3. The summed E-state index contributed by atoms with van der Waals surface area (Å²) >= 11 is 1.56. The lowest BCUT2D eigenvalue weighted by atomic mass is 10.2. The molecule has 0 amide bonds. The van der Waals surface area contributed by atoms with Crippen LogP contribution in [0.2, 0.25) is 0 Å². The van der Waals surface area contributed by atoms with Crippen LogP contribution >= 0.6 is 11.3 Å². The minimum Gasteiger partial charge on any atom is -0.254 e. The van der Waals surface area contributed by atoms with Gasteiger partial charge in [-0.05, 0) is 38.0 Å². The van der Waals surface area contributed by atoms with Crippen LogP contribution in [0.3, 0.4) is 0 Å². The predicted molar refractivity (Wildman–Crippen MR) is 106 cm³/mol. The average molecular weight is 388 g/mol. The molecule has 0 unspecified atom stereocenters. The molecule has 7 heteroatoms. The summed E-state index contributed by atoms with van der Waals surface area (Å²) in [5, 5.41) is 0.862. The Morgan fingerprint density at radius 2 is 1.85 bits per heavy atom. The van der Waals surface area contributed by atoms with Gasteiger partial charge in [0.25, 0.3) is 0 Å². The number of pyridine rings is 1. The first kappa shape index (κ1) is 18.7. The second kappa shape index (κ2) is 8.07. The fourth-order valence-electron chi connectivity index (χ4n) is 2.53. The highest BCUT2D eigenvalue weighted by Crippen LogP contribution is 2.26. The zero-order valence-electron chi connectivity index (χ0n) is 14.8. The van der Waals surface area contributed by atoms with E-state index in [1.54, 1.807) is 17.5 Å². The van der Waals surface area contributed by atoms with Crippen molar-refractivity contribution in [1.29, 1.82) is 0 Å². The van der Waals surface area contributed by atoms with Crippen LogP contribution in [0.15, 0.2) is 48.7 Å². The molecule has 0 radical (unpaired) electrons. The van der Waals surface area contributed by atoms with Crippen molar-refractivity contribution in [3.05, 3.63) is 70.4 Å². The summed E-state index contributed by atoms with van der Waals surface area (Å²) in [5.74, 6) is -0.00582. The van der Waals surface area contributed by atoms with E-state index >= 15 is 0 Å². The Morgan fingerprint density at radius 1 is 1.08 bits per heavy atom. The van der Waals surface area contributed by atoms with Crippen LogP contribution in [0.25, 0.3) is 10.7 Å². The first-order chi connectivity index (χ1) is 12.4. The minimum absolute atomic E-state index is 0.00582. The number of nitrogens with zero attached hydrogens (tertiary/aromatic N) is 2. The van der Waals surface area contributed by atoms with Crippen molar-refractivity contribution in [2.45, 2.75) is 26.0 Å². The third-order valence-corrected chi connectivity index (χ3v) is 6.53. The summed E-state index contributed by atoms with van der Waals surface area (Å²) in [7, 11) is -3.35. The van der Waals surface area contributed by atoms with E-state index in [0.29, 0.717) is 13.0 Å². The first-order valence-corrected chi connectivity index (χ1v) is 10.8. The summed E-state index contributed by atoms with van der Waals surface area (Å²) in [5.41, 5.74) is 3.66. The van der Waals surface area contributed by atoms with Gasteiger partial charge in [0.1, 0.15) is 5.01 Å². The van der Waals surface area contributed by atoms with E-state index in [0.717, 1.165) is 32.4 Å². The summed E-state index contributed by atoms with van der Waals surface area (Å²) in [6.07, 6.45) is 2.36. The van der Waals surface area contributed by atoms with Crippen LogP contribution in [0.1, 0.15) is 21.7 Å². The molecule has 0 spiro atoms. The Bertz CT molecular complexity index is 966. The SMILES string of the molecule is Cc1ccc(CS(=O)(=O)NCCc2sc(-c3ccccn3)nc2C)cc1. The fourth-order valence-corrected chi connectivity index (χ4v) is 4.72. The zero-order chi connectivity index (χ0) is 18.6. The Morgan fingerprint density at radius 3 is 2.54 bits per heavy atom. The van der Waals surface area contributed by atoms with Gasteiger partial charge in [-0.3, -0.25) is 4.98 Å². The van der Waals surface area contributed by atoms with E-state index in [1.165, 1.54) is 0 Å².